The summed E-state index contributed by atoms with van der Waals surface area (Å²) in [6, 6.07) is 15.3. The Balaban J connectivity index is 2.29. The van der Waals surface area contributed by atoms with Gasteiger partial charge in [0.1, 0.15) is 0 Å². The lowest BCUT2D eigenvalue weighted by Crippen LogP contribution is -1.90. The van der Waals surface area contributed by atoms with Gasteiger partial charge in [-0.3, -0.25) is 4.79 Å². The van der Waals surface area contributed by atoms with Crippen LogP contribution in [0.5, 0.6) is 0 Å². The molecule has 17 heavy (non-hydrogen) atoms. The molecule has 0 saturated carbocycles. The minimum absolute atomic E-state index is 0.0591. The lowest BCUT2D eigenvalue weighted by atomic mass is 10.0. The molecular formula is C15H14O2. The van der Waals surface area contributed by atoms with Crippen molar-refractivity contribution in [1.82, 2.24) is 0 Å². The number of hydrogen-bond donors (Lipinski definition) is 1. The van der Waals surface area contributed by atoms with Gasteiger partial charge in [0.15, 0.2) is 5.78 Å². The van der Waals surface area contributed by atoms with E-state index >= 15 is 0 Å². The van der Waals surface area contributed by atoms with Gasteiger partial charge in [-0.15, -0.1) is 0 Å². The highest BCUT2D eigenvalue weighted by atomic mass is 16.3. The molecule has 0 fully saturated rings. The second-order valence-electron chi connectivity index (χ2n) is 3.99. The fourth-order valence-corrected chi connectivity index (χ4v) is 1.70. The predicted octanol–water partition coefficient (Wildman–Crippen LogP) is 3.05. The third-order valence-corrected chi connectivity index (χ3v) is 2.76. The Kier molecular flexibility index (Phi) is 3.35. The molecule has 0 spiro atoms. The quantitative estimate of drug-likeness (QED) is 0.817. The van der Waals surface area contributed by atoms with Crippen LogP contribution in [-0.4, -0.2) is 10.9 Å². The second kappa shape index (κ2) is 4.93. The molecule has 0 aliphatic rings. The normalized spacial score (nSPS) is 10.2. The first-order valence-corrected chi connectivity index (χ1v) is 5.52. The molecule has 2 rings (SSSR count). The van der Waals surface area contributed by atoms with E-state index in [1.165, 1.54) is 0 Å². The summed E-state index contributed by atoms with van der Waals surface area (Å²) >= 11 is 0. The van der Waals surface area contributed by atoms with Crippen molar-refractivity contribution in [3.8, 4) is 11.1 Å². The molecule has 0 amide bonds. The molecule has 0 radical (unpaired) electrons. The zero-order valence-electron chi connectivity index (χ0n) is 9.68. The largest absolute Gasteiger partial charge is 0.392 e. The van der Waals surface area contributed by atoms with E-state index in [9.17, 15) is 4.79 Å². The van der Waals surface area contributed by atoms with E-state index in [4.69, 9.17) is 5.11 Å². The van der Waals surface area contributed by atoms with Crippen LogP contribution in [0.2, 0.25) is 0 Å². The zero-order valence-corrected chi connectivity index (χ0v) is 9.68. The lowest BCUT2D eigenvalue weighted by molar-refractivity contribution is 0.101. The van der Waals surface area contributed by atoms with Gasteiger partial charge < -0.3 is 5.11 Å². The molecule has 2 heteroatoms. The average Bonchev–Trinajstić information content (AvgIpc) is 2.39. The standard InChI is InChI=1S/C15H14O2/c1-11(17)13-6-8-15(9-7-13)14-4-2-12(10-16)3-5-14/h2-9,16H,10H2,1H3. The topological polar surface area (TPSA) is 37.3 Å². The highest BCUT2D eigenvalue weighted by Crippen LogP contribution is 2.20. The third kappa shape index (κ3) is 2.60. The molecule has 0 aromatic heterocycles. The second-order valence-corrected chi connectivity index (χ2v) is 3.99. The molecule has 2 nitrogen and oxygen atoms in total. The summed E-state index contributed by atoms with van der Waals surface area (Å²) in [6.07, 6.45) is 0. The van der Waals surface area contributed by atoms with Gasteiger partial charge in [-0.2, -0.15) is 0 Å². The fourth-order valence-electron chi connectivity index (χ4n) is 1.70. The summed E-state index contributed by atoms with van der Waals surface area (Å²) in [5.74, 6) is 0.0761. The van der Waals surface area contributed by atoms with Crippen LogP contribution < -0.4 is 0 Å². The van der Waals surface area contributed by atoms with E-state index in [1.54, 1.807) is 6.92 Å². The summed E-state index contributed by atoms with van der Waals surface area (Å²) in [4.78, 5) is 11.1. The van der Waals surface area contributed by atoms with Crippen LogP contribution in [-0.2, 0) is 6.61 Å². The van der Waals surface area contributed by atoms with Gasteiger partial charge in [-0.05, 0) is 23.6 Å². The molecule has 0 heterocycles. The van der Waals surface area contributed by atoms with Crippen LogP contribution in [0.1, 0.15) is 22.8 Å². The van der Waals surface area contributed by atoms with Crippen LogP contribution in [0, 0.1) is 0 Å². The van der Waals surface area contributed by atoms with Crippen molar-refractivity contribution in [3.63, 3.8) is 0 Å². The highest BCUT2D eigenvalue weighted by molar-refractivity contribution is 5.94. The Morgan fingerprint density at radius 1 is 0.941 bits per heavy atom. The number of aliphatic hydroxyl groups excluding tert-OH is 1. The number of carbonyl (C=O) groups is 1. The fraction of sp³-hybridized carbons (Fsp3) is 0.133. The number of carbonyl (C=O) groups excluding carboxylic acids is 1. The minimum Gasteiger partial charge on any atom is -0.392 e. The van der Waals surface area contributed by atoms with E-state index in [0.29, 0.717) is 0 Å². The van der Waals surface area contributed by atoms with Crippen molar-refractivity contribution in [2.45, 2.75) is 13.5 Å². The molecule has 0 bridgehead atoms. The Hall–Kier alpha value is -1.93. The van der Waals surface area contributed by atoms with Gasteiger partial charge in [0, 0.05) is 5.56 Å². The maximum Gasteiger partial charge on any atom is 0.159 e. The Labute approximate surface area is 101 Å². The van der Waals surface area contributed by atoms with Crippen molar-refractivity contribution in [1.29, 1.82) is 0 Å². The van der Waals surface area contributed by atoms with Crippen molar-refractivity contribution in [2.24, 2.45) is 0 Å². The van der Waals surface area contributed by atoms with Gasteiger partial charge in [-0.25, -0.2) is 0 Å². The summed E-state index contributed by atoms with van der Waals surface area (Å²) < 4.78 is 0. The first-order chi connectivity index (χ1) is 8.20. The number of ketones is 1. The first-order valence-electron chi connectivity index (χ1n) is 5.52. The van der Waals surface area contributed by atoms with Crippen LogP contribution >= 0.6 is 0 Å². The molecule has 2 aromatic carbocycles. The zero-order chi connectivity index (χ0) is 12.3. The van der Waals surface area contributed by atoms with Crippen LogP contribution in [0.3, 0.4) is 0 Å². The molecule has 0 unspecified atom stereocenters. The number of hydrogen-bond acceptors (Lipinski definition) is 2. The Bertz CT molecular complexity index is 510. The smallest absolute Gasteiger partial charge is 0.159 e. The van der Waals surface area contributed by atoms with Gasteiger partial charge in [-0.1, -0.05) is 48.5 Å². The van der Waals surface area contributed by atoms with E-state index in [-0.39, 0.29) is 12.4 Å². The molecule has 0 aliphatic heterocycles. The number of Topliss-reactive ketones (excluding diaryl/α,β-unsaturated/α-hetero) is 1. The highest BCUT2D eigenvalue weighted by Gasteiger charge is 2.01. The summed E-state index contributed by atoms with van der Waals surface area (Å²) in [6.45, 7) is 1.62. The van der Waals surface area contributed by atoms with Crippen LogP contribution in [0.15, 0.2) is 48.5 Å². The maximum absolute atomic E-state index is 11.1. The predicted molar refractivity (Wildman–Crippen MR) is 67.8 cm³/mol. The Morgan fingerprint density at radius 2 is 1.41 bits per heavy atom. The van der Waals surface area contributed by atoms with Gasteiger partial charge in [0.05, 0.1) is 6.61 Å². The van der Waals surface area contributed by atoms with Crippen molar-refractivity contribution in [3.05, 3.63) is 59.7 Å². The maximum atomic E-state index is 11.1. The average molecular weight is 226 g/mol. The van der Waals surface area contributed by atoms with E-state index in [1.807, 2.05) is 48.5 Å². The SMILES string of the molecule is CC(=O)c1ccc(-c2ccc(CO)cc2)cc1. The van der Waals surface area contributed by atoms with Crippen LogP contribution in [0.4, 0.5) is 0 Å². The van der Waals surface area contributed by atoms with Gasteiger partial charge in [0.25, 0.3) is 0 Å². The number of benzene rings is 2. The first kappa shape index (κ1) is 11.6. The molecule has 0 atom stereocenters. The Morgan fingerprint density at radius 3 is 1.82 bits per heavy atom. The third-order valence-electron chi connectivity index (χ3n) is 2.76. The molecule has 2 aromatic rings. The molecule has 86 valence electrons. The summed E-state index contributed by atoms with van der Waals surface area (Å²) in [7, 11) is 0. The summed E-state index contributed by atoms with van der Waals surface area (Å²) in [5, 5.41) is 8.96. The summed E-state index contributed by atoms with van der Waals surface area (Å²) in [5.41, 5.74) is 3.77. The van der Waals surface area contributed by atoms with Gasteiger partial charge >= 0.3 is 0 Å². The molecule has 1 N–H and O–H groups in total. The van der Waals surface area contributed by atoms with E-state index in [2.05, 4.69) is 0 Å². The van der Waals surface area contributed by atoms with E-state index < -0.39 is 0 Å². The molecular weight excluding hydrogens is 212 g/mol. The number of rotatable bonds is 3. The number of aliphatic hydroxyl groups is 1. The van der Waals surface area contributed by atoms with Gasteiger partial charge in [0.2, 0.25) is 0 Å². The molecule has 0 saturated heterocycles. The lowest BCUT2D eigenvalue weighted by Gasteiger charge is -2.03. The van der Waals surface area contributed by atoms with E-state index in [0.717, 1.165) is 22.3 Å². The molecule has 0 aliphatic carbocycles. The van der Waals surface area contributed by atoms with Crippen molar-refractivity contribution >= 4 is 5.78 Å². The van der Waals surface area contributed by atoms with Crippen molar-refractivity contribution < 1.29 is 9.90 Å². The minimum atomic E-state index is 0.0591. The van der Waals surface area contributed by atoms with Crippen molar-refractivity contribution in [2.75, 3.05) is 0 Å². The van der Waals surface area contributed by atoms with Crippen LogP contribution in [0.25, 0.3) is 11.1 Å². The monoisotopic (exact) mass is 226 g/mol.